The van der Waals surface area contributed by atoms with Gasteiger partial charge >= 0.3 is 0 Å². The van der Waals surface area contributed by atoms with Crippen molar-refractivity contribution in [3.63, 3.8) is 0 Å². The van der Waals surface area contributed by atoms with Crippen LogP contribution < -0.4 is 15.2 Å². The number of hydrogen-bond donors (Lipinski definition) is 1. The monoisotopic (exact) mass is 417 g/mol. The van der Waals surface area contributed by atoms with E-state index in [-0.39, 0.29) is 0 Å². The molecule has 0 aromatic heterocycles. The van der Waals surface area contributed by atoms with Crippen LogP contribution in [0.1, 0.15) is 43.4 Å². The second-order valence-corrected chi connectivity index (χ2v) is 8.20. The van der Waals surface area contributed by atoms with E-state index in [2.05, 4.69) is 68.4 Å². The number of nitrogens with two attached hydrogens (primary N) is 1. The Bertz CT molecular complexity index is 949. The molecule has 3 aromatic rings. The van der Waals surface area contributed by atoms with Gasteiger partial charge in [-0.25, -0.2) is 0 Å². The fraction of sp³-hybridized carbons (Fsp3) is 0.357. The van der Waals surface area contributed by atoms with Crippen molar-refractivity contribution in [2.24, 2.45) is 11.7 Å². The molecule has 0 amide bonds. The van der Waals surface area contributed by atoms with Crippen LogP contribution in [0.4, 0.5) is 0 Å². The number of benzene rings is 3. The highest BCUT2D eigenvalue weighted by molar-refractivity contribution is 5.64. The van der Waals surface area contributed by atoms with Gasteiger partial charge in [-0.15, -0.1) is 0 Å². The average Bonchev–Trinajstić information content (AvgIpc) is 2.83. The minimum Gasteiger partial charge on any atom is -0.497 e. The molecule has 1 atom stereocenters. The third-order valence-corrected chi connectivity index (χ3v) is 5.60. The molecule has 0 saturated carbocycles. The van der Waals surface area contributed by atoms with E-state index < -0.39 is 0 Å². The zero-order valence-electron chi connectivity index (χ0n) is 19.1. The van der Waals surface area contributed by atoms with Crippen molar-refractivity contribution >= 4 is 0 Å². The van der Waals surface area contributed by atoms with Crippen LogP contribution in [0.2, 0.25) is 0 Å². The molecule has 164 valence electrons. The molecule has 0 heterocycles. The van der Waals surface area contributed by atoms with Crippen LogP contribution in [0.5, 0.6) is 11.5 Å². The van der Waals surface area contributed by atoms with E-state index in [1.807, 2.05) is 12.1 Å². The van der Waals surface area contributed by atoms with E-state index in [1.165, 1.54) is 35.1 Å². The summed E-state index contributed by atoms with van der Waals surface area (Å²) < 4.78 is 11.3. The molecule has 31 heavy (non-hydrogen) atoms. The minimum absolute atomic E-state index is 0.564. The summed E-state index contributed by atoms with van der Waals surface area (Å²) in [5.74, 6) is 2.44. The number of ether oxygens (including phenoxy) is 2. The molecule has 0 radical (unpaired) electrons. The zero-order valence-corrected chi connectivity index (χ0v) is 19.1. The van der Waals surface area contributed by atoms with Gasteiger partial charge in [0.1, 0.15) is 18.1 Å². The van der Waals surface area contributed by atoms with E-state index in [9.17, 15) is 0 Å². The molecule has 0 bridgehead atoms. The van der Waals surface area contributed by atoms with Gasteiger partial charge in [-0.1, -0.05) is 56.7 Å². The van der Waals surface area contributed by atoms with E-state index in [0.29, 0.717) is 12.5 Å². The topological polar surface area (TPSA) is 44.5 Å². The Morgan fingerprint density at radius 3 is 2.32 bits per heavy atom. The van der Waals surface area contributed by atoms with Gasteiger partial charge in [0.2, 0.25) is 0 Å². The van der Waals surface area contributed by atoms with Crippen LogP contribution in [-0.2, 0) is 19.4 Å². The highest BCUT2D eigenvalue weighted by Gasteiger charge is 2.17. The predicted molar refractivity (Wildman–Crippen MR) is 130 cm³/mol. The van der Waals surface area contributed by atoms with Gasteiger partial charge < -0.3 is 15.2 Å². The largest absolute Gasteiger partial charge is 0.497 e. The van der Waals surface area contributed by atoms with Gasteiger partial charge in [0, 0.05) is 0 Å². The number of aryl methyl sites for hydroxylation is 1. The molecular weight excluding hydrogens is 382 g/mol. The number of hydrogen-bond acceptors (Lipinski definition) is 3. The van der Waals surface area contributed by atoms with Crippen LogP contribution in [-0.4, -0.2) is 13.7 Å². The predicted octanol–water partition coefficient (Wildman–Crippen LogP) is 6.42. The number of fused-ring (bicyclic) bond motifs is 1. The molecule has 0 fully saturated rings. The quantitative estimate of drug-likeness (QED) is 0.503. The Morgan fingerprint density at radius 2 is 1.61 bits per heavy atom. The lowest BCUT2D eigenvalue weighted by Gasteiger charge is -2.23. The first-order valence-electron chi connectivity index (χ1n) is 11.3. The van der Waals surface area contributed by atoms with Gasteiger partial charge in [0.15, 0.2) is 0 Å². The van der Waals surface area contributed by atoms with Crippen LogP contribution in [0, 0.1) is 5.92 Å². The SMILES string of the molecule is CCC.COc1ccc(-c2cccc(COc3ccc4c(c3)CCC(CN)C4)c2)cc1. The molecule has 1 unspecified atom stereocenters. The van der Waals surface area contributed by atoms with Crippen LogP contribution in [0.3, 0.4) is 0 Å². The first-order chi connectivity index (χ1) is 15.2. The van der Waals surface area contributed by atoms with Gasteiger partial charge in [-0.05, 0) is 89.9 Å². The third kappa shape index (κ3) is 6.35. The Balaban J connectivity index is 0.000000858. The molecule has 0 aliphatic heterocycles. The van der Waals surface area contributed by atoms with E-state index in [4.69, 9.17) is 15.2 Å². The van der Waals surface area contributed by atoms with Crippen molar-refractivity contribution in [2.75, 3.05) is 13.7 Å². The lowest BCUT2D eigenvalue weighted by molar-refractivity contribution is 0.305. The maximum Gasteiger partial charge on any atom is 0.120 e. The average molecular weight is 418 g/mol. The van der Waals surface area contributed by atoms with Gasteiger partial charge in [-0.3, -0.25) is 0 Å². The standard InChI is InChI=1S/C25H27NO2.C3H8/c1-27-24-10-7-20(8-11-24)21-4-2-3-19(14-21)17-28-25-12-9-22-13-18(16-26)5-6-23(22)15-25;1-3-2/h2-4,7-12,14-15,18H,5-6,13,16-17,26H2,1H3;3H2,1-2H3. The fourth-order valence-corrected chi connectivity index (χ4v) is 3.89. The van der Waals surface area contributed by atoms with Crippen molar-refractivity contribution in [1.29, 1.82) is 0 Å². The molecule has 3 aromatic carbocycles. The van der Waals surface area contributed by atoms with Gasteiger partial charge in [0.25, 0.3) is 0 Å². The summed E-state index contributed by atoms with van der Waals surface area (Å²) in [4.78, 5) is 0. The molecular formula is C28H35NO2. The van der Waals surface area contributed by atoms with Crippen LogP contribution in [0.15, 0.2) is 66.7 Å². The van der Waals surface area contributed by atoms with Crippen molar-refractivity contribution < 1.29 is 9.47 Å². The molecule has 0 saturated heterocycles. The Morgan fingerprint density at radius 1 is 0.871 bits per heavy atom. The van der Waals surface area contributed by atoms with Crippen molar-refractivity contribution in [2.45, 2.75) is 46.1 Å². The Kier molecular flexibility index (Phi) is 8.54. The van der Waals surface area contributed by atoms with Crippen molar-refractivity contribution in [3.05, 3.63) is 83.4 Å². The first-order valence-corrected chi connectivity index (χ1v) is 11.3. The molecule has 1 aliphatic rings. The smallest absolute Gasteiger partial charge is 0.120 e. The lowest BCUT2D eigenvalue weighted by atomic mass is 9.84. The number of methoxy groups -OCH3 is 1. The number of rotatable bonds is 6. The minimum atomic E-state index is 0.564. The highest BCUT2D eigenvalue weighted by atomic mass is 16.5. The first kappa shape index (κ1) is 22.9. The summed E-state index contributed by atoms with van der Waals surface area (Å²) in [5, 5.41) is 0. The van der Waals surface area contributed by atoms with Gasteiger partial charge in [0.05, 0.1) is 7.11 Å². The molecule has 2 N–H and O–H groups in total. The van der Waals surface area contributed by atoms with Crippen molar-refractivity contribution in [3.8, 4) is 22.6 Å². The third-order valence-electron chi connectivity index (χ3n) is 5.60. The Hall–Kier alpha value is -2.78. The molecule has 1 aliphatic carbocycles. The van der Waals surface area contributed by atoms with Crippen LogP contribution >= 0.6 is 0 Å². The summed E-state index contributed by atoms with van der Waals surface area (Å²) in [6, 6.07) is 23.1. The van der Waals surface area contributed by atoms with E-state index in [0.717, 1.165) is 36.4 Å². The molecule has 0 spiro atoms. The molecule has 3 heteroatoms. The Labute approximate surface area is 187 Å². The summed E-state index contributed by atoms with van der Waals surface area (Å²) in [5.41, 5.74) is 12.2. The molecule has 4 rings (SSSR count). The maximum atomic E-state index is 6.09. The fourth-order valence-electron chi connectivity index (χ4n) is 3.89. The second-order valence-electron chi connectivity index (χ2n) is 8.20. The maximum absolute atomic E-state index is 6.09. The summed E-state index contributed by atoms with van der Waals surface area (Å²) >= 11 is 0. The zero-order chi connectivity index (χ0) is 22.1. The lowest BCUT2D eigenvalue weighted by Crippen LogP contribution is -2.22. The highest BCUT2D eigenvalue weighted by Crippen LogP contribution is 2.29. The molecule has 3 nitrogen and oxygen atoms in total. The second kappa shape index (κ2) is 11.6. The van der Waals surface area contributed by atoms with E-state index in [1.54, 1.807) is 7.11 Å². The summed E-state index contributed by atoms with van der Waals surface area (Å²) in [7, 11) is 1.68. The summed E-state index contributed by atoms with van der Waals surface area (Å²) in [6.45, 7) is 5.59. The van der Waals surface area contributed by atoms with Crippen molar-refractivity contribution in [1.82, 2.24) is 0 Å². The van der Waals surface area contributed by atoms with E-state index >= 15 is 0 Å². The summed E-state index contributed by atoms with van der Waals surface area (Å²) in [6.07, 6.45) is 4.62. The normalized spacial score (nSPS) is 14.8. The van der Waals surface area contributed by atoms with Gasteiger partial charge in [-0.2, -0.15) is 0 Å². The van der Waals surface area contributed by atoms with Crippen LogP contribution in [0.25, 0.3) is 11.1 Å².